The molecule has 2 heteroatoms. The highest BCUT2D eigenvalue weighted by Gasteiger charge is 2.46. The van der Waals surface area contributed by atoms with Crippen LogP contribution >= 0.6 is 0 Å². The lowest BCUT2D eigenvalue weighted by molar-refractivity contribution is 0.114. The van der Waals surface area contributed by atoms with Gasteiger partial charge < -0.3 is 5.32 Å². The Morgan fingerprint density at radius 2 is 2.27 bits per heavy atom. The van der Waals surface area contributed by atoms with Crippen molar-refractivity contribution in [3.8, 4) is 0 Å². The van der Waals surface area contributed by atoms with Crippen LogP contribution in [0.25, 0.3) is 0 Å². The first-order chi connectivity index (χ1) is 5.11. The maximum absolute atomic E-state index is 13.4. The third-order valence-corrected chi connectivity index (χ3v) is 3.24. The lowest BCUT2D eigenvalue weighted by atomic mass is 9.85. The minimum Gasteiger partial charge on any atom is -0.306 e. The van der Waals surface area contributed by atoms with Gasteiger partial charge in [0.15, 0.2) is 0 Å². The Morgan fingerprint density at radius 3 is 3.00 bits per heavy atom. The lowest BCUT2D eigenvalue weighted by Gasteiger charge is -2.37. The first kappa shape index (κ1) is 7.53. The van der Waals surface area contributed by atoms with Crippen molar-refractivity contribution in [2.75, 3.05) is 0 Å². The summed E-state index contributed by atoms with van der Waals surface area (Å²) in [6, 6.07) is 0.156. The zero-order chi connectivity index (χ0) is 8.06. The van der Waals surface area contributed by atoms with Crippen molar-refractivity contribution in [2.45, 2.75) is 50.9 Å². The van der Waals surface area contributed by atoms with Crippen molar-refractivity contribution in [2.24, 2.45) is 5.92 Å². The highest BCUT2D eigenvalue weighted by molar-refractivity contribution is 5.04. The van der Waals surface area contributed by atoms with Gasteiger partial charge in [0.25, 0.3) is 0 Å². The molecule has 1 nitrogen and oxygen atoms in total. The Kier molecular flexibility index (Phi) is 1.50. The first-order valence-corrected chi connectivity index (χ1v) is 4.52. The van der Waals surface area contributed by atoms with E-state index in [9.17, 15) is 4.39 Å². The van der Waals surface area contributed by atoms with Gasteiger partial charge in [-0.05, 0) is 32.1 Å². The number of piperidine rings is 1. The van der Waals surface area contributed by atoms with Crippen LogP contribution in [-0.2, 0) is 0 Å². The van der Waals surface area contributed by atoms with Crippen molar-refractivity contribution < 1.29 is 4.39 Å². The van der Waals surface area contributed by atoms with Gasteiger partial charge in [-0.3, -0.25) is 0 Å². The molecule has 4 atom stereocenters. The minimum absolute atomic E-state index is 0.156. The number of nitrogens with one attached hydrogen (secondary N) is 1. The van der Waals surface area contributed by atoms with Gasteiger partial charge in [-0.1, -0.05) is 6.92 Å². The highest BCUT2D eigenvalue weighted by atomic mass is 19.1. The molecule has 0 saturated carbocycles. The number of rotatable bonds is 0. The fourth-order valence-corrected chi connectivity index (χ4v) is 2.69. The van der Waals surface area contributed by atoms with Crippen molar-refractivity contribution in [3.05, 3.63) is 0 Å². The van der Waals surface area contributed by atoms with E-state index < -0.39 is 6.17 Å². The summed E-state index contributed by atoms with van der Waals surface area (Å²) in [6.45, 7) is 4.25. The second-order valence-electron chi connectivity index (χ2n) is 4.48. The summed E-state index contributed by atoms with van der Waals surface area (Å²) >= 11 is 0. The Bertz CT molecular complexity index is 171. The van der Waals surface area contributed by atoms with E-state index in [0.29, 0.717) is 0 Å². The van der Waals surface area contributed by atoms with Gasteiger partial charge in [0.2, 0.25) is 0 Å². The summed E-state index contributed by atoms with van der Waals surface area (Å²) in [4.78, 5) is 0. The quantitative estimate of drug-likeness (QED) is 0.566. The van der Waals surface area contributed by atoms with E-state index in [-0.39, 0.29) is 17.5 Å². The molecule has 1 unspecified atom stereocenters. The lowest BCUT2D eigenvalue weighted by Crippen LogP contribution is -2.52. The molecule has 1 N–H and O–H groups in total. The number of hydrogen-bond acceptors (Lipinski definition) is 1. The summed E-state index contributed by atoms with van der Waals surface area (Å²) in [5.74, 6) is 0.258. The molecule has 0 aromatic heterocycles. The average Bonchev–Trinajstić information content (AvgIpc) is 2.25. The molecule has 2 rings (SSSR count). The average molecular weight is 157 g/mol. The van der Waals surface area contributed by atoms with Crippen molar-refractivity contribution >= 4 is 0 Å². The van der Waals surface area contributed by atoms with Gasteiger partial charge >= 0.3 is 0 Å². The molecule has 0 amide bonds. The zero-order valence-electron chi connectivity index (χ0n) is 7.23. The SMILES string of the molecule is CC1C[C@]2(C)CC[C@@H](N2)[C@H]1F. The van der Waals surface area contributed by atoms with Crippen LogP contribution in [0.4, 0.5) is 4.39 Å². The van der Waals surface area contributed by atoms with Crippen LogP contribution in [0.1, 0.15) is 33.1 Å². The molecule has 0 radical (unpaired) electrons. The number of hydrogen-bond donors (Lipinski definition) is 1. The standard InChI is InChI=1S/C9H16FN/c1-6-5-9(2)4-3-7(11-9)8(6)10/h6-8,11H,3-5H2,1-2H3/t6?,7-,8+,9+/m1/s1. The topological polar surface area (TPSA) is 12.0 Å². The fraction of sp³-hybridized carbons (Fsp3) is 1.00. The molecule has 2 heterocycles. The monoisotopic (exact) mass is 157 g/mol. The van der Waals surface area contributed by atoms with E-state index in [1.54, 1.807) is 0 Å². The highest BCUT2D eigenvalue weighted by Crippen LogP contribution is 2.39. The van der Waals surface area contributed by atoms with Gasteiger partial charge in [-0.15, -0.1) is 0 Å². The van der Waals surface area contributed by atoms with Crippen molar-refractivity contribution in [1.29, 1.82) is 0 Å². The van der Waals surface area contributed by atoms with Crippen LogP contribution in [0.2, 0.25) is 0 Å². The maximum atomic E-state index is 13.4. The minimum atomic E-state index is -0.606. The summed E-state index contributed by atoms with van der Waals surface area (Å²) in [6.07, 6.45) is 2.58. The number of fused-ring (bicyclic) bond motifs is 2. The molecule has 2 bridgehead atoms. The van der Waals surface area contributed by atoms with Crippen LogP contribution in [-0.4, -0.2) is 17.8 Å². The molecule has 0 aromatic carbocycles. The maximum Gasteiger partial charge on any atom is 0.118 e. The van der Waals surface area contributed by atoms with Gasteiger partial charge in [0.1, 0.15) is 6.17 Å². The normalized spacial score (nSPS) is 56.5. The van der Waals surface area contributed by atoms with Gasteiger partial charge in [-0.25, -0.2) is 4.39 Å². The Balaban J connectivity index is 2.17. The predicted molar refractivity (Wildman–Crippen MR) is 43.2 cm³/mol. The van der Waals surface area contributed by atoms with E-state index >= 15 is 0 Å². The molecule has 0 spiro atoms. The molecular formula is C9H16FN. The molecule has 2 fully saturated rings. The second kappa shape index (κ2) is 2.19. The van der Waals surface area contributed by atoms with Gasteiger partial charge in [0, 0.05) is 11.6 Å². The molecule has 64 valence electrons. The van der Waals surface area contributed by atoms with Crippen LogP contribution in [0.5, 0.6) is 0 Å². The summed E-state index contributed by atoms with van der Waals surface area (Å²) in [5.41, 5.74) is 0.257. The van der Waals surface area contributed by atoms with E-state index in [1.165, 1.54) is 0 Å². The number of halogens is 1. The summed E-state index contributed by atoms with van der Waals surface area (Å²) < 4.78 is 13.4. The fourth-order valence-electron chi connectivity index (χ4n) is 2.69. The molecular weight excluding hydrogens is 141 g/mol. The summed E-state index contributed by atoms with van der Waals surface area (Å²) in [7, 11) is 0. The molecule has 2 aliphatic rings. The van der Waals surface area contributed by atoms with E-state index in [2.05, 4.69) is 12.2 Å². The molecule has 0 aliphatic carbocycles. The Labute approximate surface area is 67.4 Å². The molecule has 2 aliphatic heterocycles. The summed E-state index contributed by atoms with van der Waals surface area (Å²) in [5, 5.41) is 3.37. The molecule has 11 heavy (non-hydrogen) atoms. The smallest absolute Gasteiger partial charge is 0.118 e. The van der Waals surface area contributed by atoms with E-state index in [0.717, 1.165) is 19.3 Å². The van der Waals surface area contributed by atoms with Crippen LogP contribution < -0.4 is 5.32 Å². The zero-order valence-corrected chi connectivity index (χ0v) is 7.23. The molecule has 0 aromatic rings. The third-order valence-electron chi connectivity index (χ3n) is 3.24. The van der Waals surface area contributed by atoms with E-state index in [4.69, 9.17) is 0 Å². The van der Waals surface area contributed by atoms with Crippen molar-refractivity contribution in [1.82, 2.24) is 5.32 Å². The van der Waals surface area contributed by atoms with Crippen LogP contribution in [0, 0.1) is 5.92 Å². The molecule has 2 saturated heterocycles. The van der Waals surface area contributed by atoms with Gasteiger partial charge in [-0.2, -0.15) is 0 Å². The van der Waals surface area contributed by atoms with Crippen molar-refractivity contribution in [3.63, 3.8) is 0 Å². The third kappa shape index (κ3) is 1.08. The van der Waals surface area contributed by atoms with E-state index in [1.807, 2.05) is 6.92 Å². The second-order valence-corrected chi connectivity index (χ2v) is 4.48. The van der Waals surface area contributed by atoms with Crippen LogP contribution in [0.15, 0.2) is 0 Å². The largest absolute Gasteiger partial charge is 0.306 e. The Hall–Kier alpha value is -0.110. The van der Waals surface area contributed by atoms with Gasteiger partial charge in [0.05, 0.1) is 0 Å². The number of alkyl halides is 1. The predicted octanol–water partition coefficient (Wildman–Crippen LogP) is 1.88. The first-order valence-electron chi connectivity index (χ1n) is 4.52. The van der Waals surface area contributed by atoms with Crippen LogP contribution in [0.3, 0.4) is 0 Å². The Morgan fingerprint density at radius 1 is 1.55 bits per heavy atom.